The summed E-state index contributed by atoms with van der Waals surface area (Å²) in [6.45, 7) is 29.2. The normalized spacial score (nSPS) is 9.61. The molecule has 0 aromatic heterocycles. The van der Waals surface area contributed by atoms with Crippen molar-refractivity contribution in [1.82, 2.24) is 0 Å². The van der Waals surface area contributed by atoms with Crippen molar-refractivity contribution in [2.24, 2.45) is 0 Å². The van der Waals surface area contributed by atoms with Gasteiger partial charge in [-0.15, -0.1) is 24.8 Å². The Morgan fingerprint density at radius 3 is 1.61 bits per heavy atom. The Kier molecular flexibility index (Phi) is 25.0. The van der Waals surface area contributed by atoms with Gasteiger partial charge in [0.2, 0.25) is 0 Å². The van der Waals surface area contributed by atoms with Crippen LogP contribution in [0.25, 0.3) is 11.1 Å². The van der Waals surface area contributed by atoms with Crippen LogP contribution in [0.1, 0.15) is 65.5 Å². The molecule has 0 saturated carbocycles. The third kappa shape index (κ3) is 20.4. The van der Waals surface area contributed by atoms with Crippen LogP contribution in [0.3, 0.4) is 0 Å². The fraction of sp³-hybridized carbons (Fsp3) is 0.281. The Morgan fingerprint density at radius 2 is 1.30 bits per heavy atom. The fourth-order valence-electron chi connectivity index (χ4n) is 1.88. The Balaban J connectivity index is -0.000000430. The molecule has 1 heteroatoms. The van der Waals surface area contributed by atoms with Crippen LogP contribution in [0.15, 0.2) is 103 Å². The summed E-state index contributed by atoms with van der Waals surface area (Å²) in [7, 11) is 0. The van der Waals surface area contributed by atoms with Crippen LogP contribution in [0, 0.1) is 19.9 Å². The summed E-state index contributed by atoms with van der Waals surface area (Å²) >= 11 is 0. The van der Waals surface area contributed by atoms with Gasteiger partial charge in [0.25, 0.3) is 0 Å². The fourth-order valence-corrected chi connectivity index (χ4v) is 1.88. The standard InChI is InChI=1S/C15H13.C9H13.C5H10.C3H8.Na/c1-3-13-6-10-15(11-7-13)14-8-4-12(2)5-9-14;1-5-6-7-9(4)8(2)3;1-4-5(2)3;1-3-2;/h4-11H,1H2,2H3;5-7H,2,4H2,1,3H3;2,4H2,1,3H3;3H2,1-2H3;/q2*-1;;;+1/b;6-5-,9-7-;;;. The van der Waals surface area contributed by atoms with Gasteiger partial charge in [0.1, 0.15) is 0 Å². The Morgan fingerprint density at radius 1 is 0.909 bits per heavy atom. The van der Waals surface area contributed by atoms with E-state index in [1.165, 1.54) is 28.7 Å². The number of benzene rings is 2. The first-order valence-electron chi connectivity index (χ1n) is 11.3. The average molecular weight is 452 g/mol. The number of aryl methyl sites for hydroxylation is 1. The van der Waals surface area contributed by atoms with Crippen LogP contribution in [0.5, 0.6) is 0 Å². The van der Waals surface area contributed by atoms with Crippen molar-refractivity contribution in [3.8, 4) is 11.1 Å². The molecule has 33 heavy (non-hydrogen) atoms. The zero-order chi connectivity index (χ0) is 24.9. The maximum absolute atomic E-state index is 3.79. The number of hydrogen-bond acceptors (Lipinski definition) is 0. The van der Waals surface area contributed by atoms with Crippen LogP contribution in [0.4, 0.5) is 0 Å². The maximum Gasteiger partial charge on any atom is 1.00 e. The van der Waals surface area contributed by atoms with E-state index in [4.69, 9.17) is 0 Å². The minimum absolute atomic E-state index is 0. The predicted octanol–water partition coefficient (Wildman–Crippen LogP) is 7.29. The minimum Gasteiger partial charge on any atom is -0.198 e. The topological polar surface area (TPSA) is 0 Å². The summed E-state index contributed by atoms with van der Waals surface area (Å²) < 4.78 is 0. The minimum atomic E-state index is 0. The van der Waals surface area contributed by atoms with Gasteiger partial charge in [-0.25, -0.2) is 0 Å². The second-order valence-electron chi connectivity index (χ2n) is 7.64. The Labute approximate surface area is 228 Å². The summed E-state index contributed by atoms with van der Waals surface area (Å²) in [5.74, 6) is 0. The van der Waals surface area contributed by atoms with Crippen molar-refractivity contribution in [3.63, 3.8) is 0 Å². The molecule has 2 aromatic carbocycles. The van der Waals surface area contributed by atoms with E-state index in [0.717, 1.165) is 23.1 Å². The molecule has 2 rings (SSSR count). The average Bonchev–Trinajstić information content (AvgIpc) is 2.79. The van der Waals surface area contributed by atoms with E-state index in [9.17, 15) is 0 Å². The van der Waals surface area contributed by atoms with E-state index in [1.54, 1.807) is 0 Å². The first-order chi connectivity index (χ1) is 15.2. The summed E-state index contributed by atoms with van der Waals surface area (Å²) in [4.78, 5) is 0. The molecular weight excluding hydrogens is 407 g/mol. The molecule has 0 radical (unpaired) electrons. The van der Waals surface area contributed by atoms with E-state index in [-0.39, 0.29) is 29.6 Å². The van der Waals surface area contributed by atoms with Crippen molar-refractivity contribution in [2.75, 3.05) is 0 Å². The monoisotopic (exact) mass is 451 g/mol. The van der Waals surface area contributed by atoms with Gasteiger partial charge in [-0.05, 0) is 38.3 Å². The molecule has 0 heterocycles. The second-order valence-corrected chi connectivity index (χ2v) is 7.64. The molecule has 0 fully saturated rings. The molecule has 0 aliphatic heterocycles. The van der Waals surface area contributed by atoms with E-state index < -0.39 is 0 Å². The van der Waals surface area contributed by atoms with Crippen LogP contribution in [-0.2, 0) is 0 Å². The van der Waals surface area contributed by atoms with Gasteiger partial charge < -0.3 is 0 Å². The molecular formula is C32H44Na-. The zero-order valence-electron chi connectivity index (χ0n) is 22.6. The summed E-state index contributed by atoms with van der Waals surface area (Å²) in [5, 5.41) is 0. The molecule has 0 aliphatic carbocycles. The maximum atomic E-state index is 3.79. The molecule has 0 spiro atoms. The van der Waals surface area contributed by atoms with Crippen molar-refractivity contribution >= 4 is 0 Å². The van der Waals surface area contributed by atoms with Crippen LogP contribution in [0.2, 0.25) is 0 Å². The van der Waals surface area contributed by atoms with E-state index in [0.29, 0.717) is 0 Å². The number of allylic oxidation sites excluding steroid dienone is 6. The Hall–Kier alpha value is -1.99. The van der Waals surface area contributed by atoms with Crippen molar-refractivity contribution < 1.29 is 29.6 Å². The van der Waals surface area contributed by atoms with Crippen molar-refractivity contribution in [1.29, 1.82) is 0 Å². The van der Waals surface area contributed by atoms with E-state index in [1.807, 2.05) is 51.1 Å². The molecule has 0 aliphatic rings. The smallest absolute Gasteiger partial charge is 0.198 e. The molecule has 0 amide bonds. The predicted molar refractivity (Wildman–Crippen MR) is 149 cm³/mol. The van der Waals surface area contributed by atoms with Crippen molar-refractivity contribution in [3.05, 3.63) is 127 Å². The third-order valence-corrected chi connectivity index (χ3v) is 4.12. The molecule has 0 bridgehead atoms. The molecule has 0 saturated heterocycles. The Bertz CT molecular complexity index is 831. The van der Waals surface area contributed by atoms with Gasteiger partial charge >= 0.3 is 29.6 Å². The first-order valence-corrected chi connectivity index (χ1v) is 11.3. The largest absolute Gasteiger partial charge is 1.00 e. The SMILES string of the molecule is C=C(C)/C([CH2-])=C\C=C/C.C=C(C)CC.C=[C-]c1ccc(-c2ccc(C)cc2)cc1.CCC.[Na+]. The molecule has 2 aromatic rings. The molecule has 0 nitrogen and oxygen atoms in total. The van der Waals surface area contributed by atoms with Gasteiger partial charge in [0, 0.05) is 0 Å². The van der Waals surface area contributed by atoms with E-state index >= 15 is 0 Å². The van der Waals surface area contributed by atoms with Crippen molar-refractivity contribution in [2.45, 2.75) is 61.3 Å². The van der Waals surface area contributed by atoms with Crippen LogP contribution >= 0.6 is 0 Å². The molecule has 0 N–H and O–H groups in total. The van der Waals surface area contributed by atoms with Gasteiger partial charge in [0.05, 0.1) is 0 Å². The third-order valence-electron chi connectivity index (χ3n) is 4.12. The zero-order valence-corrected chi connectivity index (χ0v) is 24.6. The summed E-state index contributed by atoms with van der Waals surface area (Å²) in [6, 6.07) is 16.8. The first kappa shape index (κ1) is 35.6. The molecule has 0 unspecified atom stereocenters. The van der Waals surface area contributed by atoms with Crippen LogP contribution < -0.4 is 29.6 Å². The van der Waals surface area contributed by atoms with Gasteiger partial charge in [-0.2, -0.15) is 61.1 Å². The summed E-state index contributed by atoms with van der Waals surface area (Å²) in [6.07, 6.45) is 11.1. The number of rotatable bonds is 5. The van der Waals surface area contributed by atoms with Gasteiger partial charge in [-0.3, -0.25) is 0 Å². The molecule has 174 valence electrons. The van der Waals surface area contributed by atoms with E-state index in [2.05, 4.69) is 96.8 Å². The van der Waals surface area contributed by atoms with Crippen LogP contribution in [-0.4, -0.2) is 0 Å². The number of hydrogen-bond donors (Lipinski definition) is 0. The second kappa shape index (κ2) is 23.2. The van der Waals surface area contributed by atoms with Gasteiger partial charge in [0.15, 0.2) is 0 Å². The summed E-state index contributed by atoms with van der Waals surface area (Å²) in [5.41, 5.74) is 8.07. The molecule has 0 atom stereocenters. The quantitative estimate of drug-likeness (QED) is 0.194. The van der Waals surface area contributed by atoms with Gasteiger partial charge in [-0.1, -0.05) is 75.6 Å².